The van der Waals surface area contributed by atoms with Crippen LogP contribution in [0.3, 0.4) is 0 Å². The SMILES string of the molecule is CC(=O)O[C@H]1C(=O)[C@@]2(C)C(C[C@]3(O)CC(OC(=O)C(OC(=O)CN(C)C)C(NC(=O)c4ccccc4)c4ccccc4)C(C)=C1C3(C)C)C1(OC(C)=O)COC1C[C@@H]2OC(=O)CN(C)C. The summed E-state index contributed by atoms with van der Waals surface area (Å²) < 4.78 is 36.4. The first-order valence-corrected chi connectivity index (χ1v) is 21.7. The van der Waals surface area contributed by atoms with Crippen molar-refractivity contribution in [3.05, 3.63) is 82.9 Å². The van der Waals surface area contributed by atoms with Gasteiger partial charge >= 0.3 is 29.8 Å². The first-order valence-electron chi connectivity index (χ1n) is 21.7. The molecule has 0 radical (unpaired) electrons. The van der Waals surface area contributed by atoms with Crippen LogP contribution < -0.4 is 5.32 Å². The van der Waals surface area contributed by atoms with E-state index in [1.807, 2.05) is 0 Å². The molecule has 0 aromatic heterocycles. The van der Waals surface area contributed by atoms with E-state index in [0.717, 1.165) is 6.92 Å². The lowest BCUT2D eigenvalue weighted by molar-refractivity contribution is -0.328. The van der Waals surface area contributed by atoms with Gasteiger partial charge in [-0.1, -0.05) is 62.4 Å². The Morgan fingerprint density at radius 1 is 0.831 bits per heavy atom. The third-order valence-electron chi connectivity index (χ3n) is 13.6. The van der Waals surface area contributed by atoms with Gasteiger partial charge in [-0.05, 0) is 77.3 Å². The second kappa shape index (κ2) is 18.8. The molecule has 3 aliphatic carbocycles. The third kappa shape index (κ3) is 9.46. The Balaban J connectivity index is 1.49. The fourth-order valence-electron chi connectivity index (χ4n) is 10.3. The molecule has 17 nitrogen and oxygen atoms in total. The topological polar surface area (TPSA) is 214 Å². The summed E-state index contributed by atoms with van der Waals surface area (Å²) in [4.78, 5) is 100. The fraction of sp³-hybridized carbons (Fsp3) is 0.562. The summed E-state index contributed by atoms with van der Waals surface area (Å²) in [6.45, 7) is 8.42. The van der Waals surface area contributed by atoms with Crippen molar-refractivity contribution in [2.24, 2.45) is 16.7 Å². The summed E-state index contributed by atoms with van der Waals surface area (Å²) >= 11 is 0. The summed E-state index contributed by atoms with van der Waals surface area (Å²) in [5, 5.41) is 16.2. The van der Waals surface area contributed by atoms with Crippen LogP contribution in [-0.2, 0) is 57.2 Å². The number of nitrogens with one attached hydrogen (secondary N) is 1. The molecule has 17 heteroatoms. The third-order valence-corrected chi connectivity index (χ3v) is 13.6. The van der Waals surface area contributed by atoms with Crippen LogP contribution >= 0.6 is 0 Å². The van der Waals surface area contributed by atoms with Gasteiger partial charge in [0.25, 0.3) is 5.91 Å². The number of ether oxygens (including phenoxy) is 6. The molecule has 1 heterocycles. The van der Waals surface area contributed by atoms with Crippen LogP contribution in [0.15, 0.2) is 71.8 Å². The van der Waals surface area contributed by atoms with E-state index < -0.39 is 106 Å². The smallest absolute Gasteiger partial charge is 0.350 e. The molecular formula is C48H61N3O14. The Kier molecular flexibility index (Phi) is 14.1. The van der Waals surface area contributed by atoms with E-state index in [2.05, 4.69) is 5.32 Å². The molecule has 1 saturated heterocycles. The maximum absolute atomic E-state index is 15.7. The van der Waals surface area contributed by atoms with Crippen LogP contribution in [0.1, 0.15) is 82.8 Å². The van der Waals surface area contributed by atoms with Gasteiger partial charge in [0, 0.05) is 43.6 Å². The normalized spacial score (nSPS) is 29.9. The highest BCUT2D eigenvalue weighted by atomic mass is 16.6. The number of ketones is 1. The lowest BCUT2D eigenvalue weighted by Crippen LogP contribution is -2.78. The lowest BCUT2D eigenvalue weighted by Gasteiger charge is -2.66. The lowest BCUT2D eigenvalue weighted by atomic mass is 9.45. The molecule has 6 unspecified atom stereocenters. The fourth-order valence-corrected chi connectivity index (χ4v) is 10.3. The minimum Gasteiger partial charge on any atom is -0.460 e. The van der Waals surface area contributed by atoms with Gasteiger partial charge in [-0.25, -0.2) is 4.79 Å². The molecule has 10 atom stereocenters. The second-order valence-electron chi connectivity index (χ2n) is 19.0. The number of rotatable bonds is 14. The van der Waals surface area contributed by atoms with E-state index in [1.54, 1.807) is 126 Å². The molecule has 2 aromatic rings. The van der Waals surface area contributed by atoms with Gasteiger partial charge in [-0.15, -0.1) is 0 Å². The number of carbonyl (C=O) groups is 7. The van der Waals surface area contributed by atoms with E-state index in [0.29, 0.717) is 5.56 Å². The van der Waals surface area contributed by atoms with E-state index in [1.165, 1.54) is 6.92 Å². The maximum atomic E-state index is 15.7. The standard InChI is InChI=1S/C48H61N3O14/c1-27-32(62-44(58)41(64-37(55)25-51(9)10)39(30-17-13-11-14-18-30)49-43(57)31-19-15-12-16-20-31)22-47(59)23-33-46(6,42(56)40(61-28(2)52)38(27)45(47,4)5)34(63-36(54)24-50(7)8)21-35-48(33,26-60-35)65-29(3)53/h11-20,32-35,39-41,59H,21-26H2,1-10H3,(H,49,57)/t32?,33?,34-,35?,39?,40+,41?,46-,47+,48?/m0/s1. The molecule has 2 saturated carbocycles. The van der Waals surface area contributed by atoms with Crippen LogP contribution in [0.5, 0.6) is 0 Å². The Morgan fingerprint density at radius 2 is 1.43 bits per heavy atom. The number of likely N-dealkylation sites (N-methyl/N-ethyl adjacent to an activating group) is 2. The molecule has 2 N–H and O–H groups in total. The average Bonchev–Trinajstić information content (AvgIpc) is 3.21. The minimum absolute atomic E-state index is 0.0462. The van der Waals surface area contributed by atoms with Gasteiger partial charge in [0.1, 0.15) is 24.4 Å². The van der Waals surface area contributed by atoms with Crippen molar-refractivity contribution in [3.8, 4) is 0 Å². The number of hydrogen-bond acceptors (Lipinski definition) is 16. The summed E-state index contributed by atoms with van der Waals surface area (Å²) in [5.74, 6) is -6.41. The molecule has 0 spiro atoms. The maximum Gasteiger partial charge on any atom is 0.350 e. The van der Waals surface area contributed by atoms with Gasteiger partial charge in [0.05, 0.1) is 30.7 Å². The Labute approximate surface area is 379 Å². The Morgan fingerprint density at radius 3 is 1.98 bits per heavy atom. The molecule has 2 bridgehead atoms. The highest BCUT2D eigenvalue weighted by Crippen LogP contribution is 2.64. The van der Waals surface area contributed by atoms with Crippen molar-refractivity contribution in [2.45, 2.75) is 109 Å². The van der Waals surface area contributed by atoms with Crippen molar-refractivity contribution in [3.63, 3.8) is 0 Å². The first kappa shape index (κ1) is 49.0. The quantitative estimate of drug-likeness (QED) is 0.158. The van der Waals surface area contributed by atoms with Gasteiger partial charge < -0.3 is 38.8 Å². The highest BCUT2D eigenvalue weighted by Gasteiger charge is 2.75. The van der Waals surface area contributed by atoms with Crippen molar-refractivity contribution >= 4 is 41.5 Å². The number of hydrogen-bond donors (Lipinski definition) is 2. The van der Waals surface area contributed by atoms with E-state index in [9.17, 15) is 33.9 Å². The summed E-state index contributed by atoms with van der Waals surface area (Å²) in [6, 6.07) is 15.4. The van der Waals surface area contributed by atoms with Crippen LogP contribution in [0.2, 0.25) is 0 Å². The average molecular weight is 904 g/mol. The van der Waals surface area contributed by atoms with Crippen LogP contribution in [0.25, 0.3) is 0 Å². The van der Waals surface area contributed by atoms with Crippen molar-refractivity contribution < 1.29 is 67.1 Å². The molecule has 65 heavy (non-hydrogen) atoms. The zero-order chi connectivity index (χ0) is 47.8. The molecule has 6 rings (SSSR count). The van der Waals surface area contributed by atoms with Gasteiger partial charge in [0.2, 0.25) is 6.10 Å². The zero-order valence-electron chi connectivity index (χ0n) is 38.7. The van der Waals surface area contributed by atoms with Crippen molar-refractivity contribution in [1.29, 1.82) is 0 Å². The van der Waals surface area contributed by atoms with E-state index in [4.69, 9.17) is 28.4 Å². The highest BCUT2D eigenvalue weighted by molar-refractivity contribution is 5.96. The van der Waals surface area contributed by atoms with E-state index >= 15 is 4.79 Å². The number of carbonyl (C=O) groups excluding carboxylic acids is 7. The molecule has 2 aromatic carbocycles. The molecule has 3 fully saturated rings. The van der Waals surface area contributed by atoms with E-state index in [-0.39, 0.29) is 55.7 Å². The van der Waals surface area contributed by atoms with Crippen LogP contribution in [0.4, 0.5) is 0 Å². The predicted molar refractivity (Wildman–Crippen MR) is 232 cm³/mol. The number of esters is 5. The number of nitrogens with zero attached hydrogens (tertiary/aromatic N) is 2. The molecule has 1 aliphatic heterocycles. The summed E-state index contributed by atoms with van der Waals surface area (Å²) in [5.41, 5.74) is -5.46. The first-order chi connectivity index (χ1) is 30.4. The number of fused-ring (bicyclic) bond motifs is 5. The molecule has 4 aliphatic rings. The minimum atomic E-state index is -1.93. The van der Waals surface area contributed by atoms with Gasteiger partial charge in [-0.2, -0.15) is 0 Å². The Hall–Kier alpha value is -5.49. The van der Waals surface area contributed by atoms with Crippen molar-refractivity contribution in [2.75, 3.05) is 47.9 Å². The molecule has 352 valence electrons. The monoisotopic (exact) mass is 903 g/mol. The van der Waals surface area contributed by atoms with Crippen LogP contribution in [0, 0.1) is 16.7 Å². The number of aliphatic hydroxyl groups is 1. The van der Waals surface area contributed by atoms with Gasteiger partial charge in [-0.3, -0.25) is 38.6 Å². The summed E-state index contributed by atoms with van der Waals surface area (Å²) in [7, 11) is 6.65. The number of Topliss-reactive ketones (excluding diaryl/α,β-unsaturated/α-hetero) is 1. The molecular weight excluding hydrogens is 843 g/mol. The summed E-state index contributed by atoms with van der Waals surface area (Å²) in [6.07, 6.45) is -7.48. The molecule has 1 amide bonds. The van der Waals surface area contributed by atoms with Crippen LogP contribution in [-0.4, -0.2) is 146 Å². The largest absolute Gasteiger partial charge is 0.460 e. The van der Waals surface area contributed by atoms with Crippen molar-refractivity contribution in [1.82, 2.24) is 15.1 Å². The second-order valence-corrected chi connectivity index (χ2v) is 19.0. The number of amides is 1. The zero-order valence-corrected chi connectivity index (χ0v) is 38.7. The predicted octanol–water partition coefficient (Wildman–Crippen LogP) is 3.13. The Bertz CT molecular complexity index is 2210. The number of benzene rings is 2. The van der Waals surface area contributed by atoms with Gasteiger partial charge in [0.15, 0.2) is 17.5 Å².